The van der Waals surface area contributed by atoms with Crippen molar-refractivity contribution < 1.29 is 4.79 Å². The van der Waals surface area contributed by atoms with Crippen molar-refractivity contribution in [2.24, 2.45) is 5.41 Å². The van der Waals surface area contributed by atoms with Crippen LogP contribution >= 0.6 is 24.8 Å². The van der Waals surface area contributed by atoms with Crippen molar-refractivity contribution in [3.8, 4) is 6.07 Å². The lowest BCUT2D eigenvalue weighted by atomic mass is 9.83. The van der Waals surface area contributed by atoms with E-state index in [1.807, 2.05) is 13.8 Å². The second-order valence-electron chi connectivity index (χ2n) is 6.62. The van der Waals surface area contributed by atoms with Gasteiger partial charge in [-0.2, -0.15) is 5.26 Å². The second-order valence-corrected chi connectivity index (χ2v) is 6.62. The Bertz CT molecular complexity index is 372. The molecular weight excluding hydrogens is 321 g/mol. The van der Waals surface area contributed by atoms with Crippen molar-refractivity contribution in [3.05, 3.63) is 0 Å². The first-order valence-electron chi connectivity index (χ1n) is 7.85. The van der Waals surface area contributed by atoms with E-state index < -0.39 is 5.54 Å². The summed E-state index contributed by atoms with van der Waals surface area (Å²) in [7, 11) is 0. The summed E-state index contributed by atoms with van der Waals surface area (Å²) in [5, 5.41) is 12.6. The molecule has 0 aromatic rings. The summed E-state index contributed by atoms with van der Waals surface area (Å²) in [6, 6.07) is 2.37. The molecule has 0 bridgehead atoms. The highest BCUT2D eigenvalue weighted by Gasteiger charge is 2.39. The molecule has 1 aliphatic rings. The van der Waals surface area contributed by atoms with Crippen LogP contribution in [0, 0.1) is 16.7 Å². The van der Waals surface area contributed by atoms with E-state index in [1.165, 1.54) is 0 Å². The predicted octanol–water partition coefficient (Wildman–Crippen LogP) is 3.54. The maximum Gasteiger partial charge on any atom is 0.226 e. The molecule has 0 spiro atoms. The van der Waals surface area contributed by atoms with Gasteiger partial charge in [-0.05, 0) is 32.2 Å². The Morgan fingerprint density at radius 2 is 1.77 bits per heavy atom. The molecule has 0 atom stereocenters. The average Bonchev–Trinajstić information content (AvgIpc) is 2.41. The molecule has 130 valence electrons. The third kappa shape index (κ3) is 6.32. The van der Waals surface area contributed by atoms with E-state index in [0.29, 0.717) is 0 Å². The molecule has 1 aliphatic heterocycles. The fraction of sp³-hybridized carbons (Fsp3) is 0.875. The Hall–Kier alpha value is -0.500. The van der Waals surface area contributed by atoms with Gasteiger partial charge in [0.25, 0.3) is 0 Å². The molecule has 1 saturated heterocycles. The van der Waals surface area contributed by atoms with Gasteiger partial charge in [0.2, 0.25) is 5.91 Å². The fourth-order valence-electron chi connectivity index (χ4n) is 2.86. The first-order valence-corrected chi connectivity index (χ1v) is 7.85. The van der Waals surface area contributed by atoms with E-state index in [1.54, 1.807) is 0 Å². The van der Waals surface area contributed by atoms with Crippen molar-refractivity contribution >= 4 is 30.7 Å². The Labute approximate surface area is 147 Å². The Kier molecular flexibility index (Phi) is 11.1. The highest BCUT2D eigenvalue weighted by molar-refractivity contribution is 5.85. The normalized spacial score (nSPS) is 17.6. The molecule has 4 nitrogen and oxygen atoms in total. The van der Waals surface area contributed by atoms with Crippen LogP contribution in [0.3, 0.4) is 0 Å². The fourth-order valence-corrected chi connectivity index (χ4v) is 2.86. The molecule has 1 rings (SSSR count). The Morgan fingerprint density at radius 3 is 2.18 bits per heavy atom. The summed E-state index contributed by atoms with van der Waals surface area (Å²) in [6.45, 7) is 11.0. The summed E-state index contributed by atoms with van der Waals surface area (Å²) in [6.07, 6.45) is 4.43. The maximum absolute atomic E-state index is 12.4. The number of piperidine rings is 1. The molecule has 0 aliphatic carbocycles. The number of amides is 1. The van der Waals surface area contributed by atoms with Gasteiger partial charge in [-0.25, -0.2) is 0 Å². The number of nitrogens with one attached hydrogen (secondary N) is 1. The first-order chi connectivity index (χ1) is 9.39. The highest BCUT2D eigenvalue weighted by atomic mass is 35.5. The molecule has 1 fully saturated rings. The number of nitrogens with zero attached hydrogens (tertiary/aromatic N) is 2. The lowest BCUT2D eigenvalue weighted by Gasteiger charge is -2.39. The standard InChI is InChI=1S/C16H29N3O.2ClH/c1-5-7-15(3,4)14(20)18-16(13-17)8-11-19(10-6-2)12-9-16;;/h5-12H2,1-4H3,(H,18,20);2*1H. The van der Waals surface area contributed by atoms with Gasteiger partial charge in [0.05, 0.1) is 6.07 Å². The molecular formula is C16H31Cl2N3O. The van der Waals surface area contributed by atoms with Gasteiger partial charge in [-0.3, -0.25) is 4.79 Å². The van der Waals surface area contributed by atoms with Crippen LogP contribution in [0.5, 0.6) is 0 Å². The average molecular weight is 352 g/mol. The zero-order valence-electron chi connectivity index (χ0n) is 14.3. The minimum Gasteiger partial charge on any atom is -0.337 e. The van der Waals surface area contributed by atoms with E-state index in [4.69, 9.17) is 0 Å². The van der Waals surface area contributed by atoms with Crippen LogP contribution in [0.15, 0.2) is 0 Å². The van der Waals surface area contributed by atoms with E-state index in [2.05, 4.69) is 30.1 Å². The minimum atomic E-state index is -0.660. The number of rotatable bonds is 6. The summed E-state index contributed by atoms with van der Waals surface area (Å²) in [4.78, 5) is 14.8. The number of hydrogen-bond donors (Lipinski definition) is 1. The number of nitriles is 1. The van der Waals surface area contributed by atoms with Crippen molar-refractivity contribution in [2.45, 2.75) is 65.3 Å². The lowest BCUT2D eigenvalue weighted by Crippen LogP contribution is -2.57. The molecule has 0 unspecified atom stereocenters. The molecule has 1 heterocycles. The van der Waals surface area contributed by atoms with Crippen LogP contribution in [0.25, 0.3) is 0 Å². The number of likely N-dealkylation sites (tertiary alicyclic amines) is 1. The SMILES string of the molecule is CCCN1CCC(C#N)(NC(=O)C(C)(C)CCC)CC1.Cl.Cl. The van der Waals surface area contributed by atoms with E-state index >= 15 is 0 Å². The van der Waals surface area contributed by atoms with Crippen LogP contribution in [0.4, 0.5) is 0 Å². The molecule has 22 heavy (non-hydrogen) atoms. The largest absolute Gasteiger partial charge is 0.337 e. The number of hydrogen-bond acceptors (Lipinski definition) is 3. The first kappa shape index (κ1) is 23.8. The quantitative estimate of drug-likeness (QED) is 0.795. The molecule has 1 N–H and O–H groups in total. The number of halogens is 2. The van der Waals surface area contributed by atoms with Crippen LogP contribution in [0.1, 0.15) is 59.8 Å². The van der Waals surface area contributed by atoms with Crippen molar-refractivity contribution in [3.63, 3.8) is 0 Å². The number of carbonyl (C=O) groups excluding carboxylic acids is 1. The predicted molar refractivity (Wildman–Crippen MR) is 95.6 cm³/mol. The van der Waals surface area contributed by atoms with Crippen LogP contribution in [-0.4, -0.2) is 36.0 Å². The van der Waals surface area contributed by atoms with Gasteiger partial charge in [-0.15, -0.1) is 24.8 Å². The lowest BCUT2D eigenvalue weighted by molar-refractivity contribution is -0.131. The summed E-state index contributed by atoms with van der Waals surface area (Å²) < 4.78 is 0. The number of carbonyl (C=O) groups is 1. The molecule has 0 aromatic heterocycles. The Morgan fingerprint density at radius 1 is 1.23 bits per heavy atom. The van der Waals surface area contributed by atoms with Crippen LogP contribution in [-0.2, 0) is 4.79 Å². The monoisotopic (exact) mass is 351 g/mol. The molecule has 0 saturated carbocycles. The Balaban J connectivity index is 0. The second kappa shape index (κ2) is 10.3. The zero-order chi connectivity index (χ0) is 15.2. The molecule has 6 heteroatoms. The van der Waals surface area contributed by atoms with Gasteiger partial charge in [-0.1, -0.05) is 34.1 Å². The molecule has 1 amide bonds. The van der Waals surface area contributed by atoms with E-state index in [0.717, 1.165) is 51.7 Å². The minimum absolute atomic E-state index is 0. The van der Waals surface area contributed by atoms with Crippen molar-refractivity contribution in [2.75, 3.05) is 19.6 Å². The summed E-state index contributed by atoms with van der Waals surface area (Å²) >= 11 is 0. The molecule has 0 aromatic carbocycles. The van der Waals surface area contributed by atoms with Gasteiger partial charge in [0, 0.05) is 18.5 Å². The smallest absolute Gasteiger partial charge is 0.226 e. The van der Waals surface area contributed by atoms with Gasteiger partial charge in [0.1, 0.15) is 5.54 Å². The molecule has 0 radical (unpaired) electrons. The van der Waals surface area contributed by atoms with Crippen LogP contribution in [0.2, 0.25) is 0 Å². The highest BCUT2D eigenvalue weighted by Crippen LogP contribution is 2.27. The van der Waals surface area contributed by atoms with Crippen molar-refractivity contribution in [1.82, 2.24) is 10.2 Å². The maximum atomic E-state index is 12.4. The summed E-state index contributed by atoms with van der Waals surface area (Å²) in [5.41, 5.74) is -1.05. The third-order valence-electron chi connectivity index (χ3n) is 4.31. The van der Waals surface area contributed by atoms with Crippen LogP contribution < -0.4 is 5.32 Å². The van der Waals surface area contributed by atoms with E-state index in [9.17, 15) is 10.1 Å². The van der Waals surface area contributed by atoms with E-state index in [-0.39, 0.29) is 36.1 Å². The van der Waals surface area contributed by atoms with Gasteiger partial charge >= 0.3 is 0 Å². The van der Waals surface area contributed by atoms with Gasteiger partial charge in [0.15, 0.2) is 0 Å². The third-order valence-corrected chi connectivity index (χ3v) is 4.31. The topological polar surface area (TPSA) is 56.1 Å². The zero-order valence-corrected chi connectivity index (χ0v) is 15.9. The summed E-state index contributed by atoms with van der Waals surface area (Å²) in [5.74, 6) is 0.0184. The van der Waals surface area contributed by atoms with Gasteiger partial charge < -0.3 is 10.2 Å². The van der Waals surface area contributed by atoms with Crippen molar-refractivity contribution in [1.29, 1.82) is 5.26 Å².